The Kier molecular flexibility index (Phi) is 4.58. The van der Waals surface area contributed by atoms with E-state index in [9.17, 15) is 4.79 Å². The number of nitrogens with one attached hydrogen (secondary N) is 1. The first kappa shape index (κ1) is 15.1. The maximum absolute atomic E-state index is 12.0. The maximum atomic E-state index is 12.0. The van der Waals surface area contributed by atoms with Crippen molar-refractivity contribution in [2.24, 2.45) is 0 Å². The average molecular weight is 326 g/mol. The van der Waals surface area contributed by atoms with E-state index in [2.05, 4.69) is 22.1 Å². The first-order valence-electron chi connectivity index (χ1n) is 6.85. The van der Waals surface area contributed by atoms with Crippen molar-refractivity contribution in [3.63, 3.8) is 0 Å². The highest BCUT2D eigenvalue weighted by molar-refractivity contribution is 7.99. The van der Waals surface area contributed by atoms with Crippen molar-refractivity contribution in [1.29, 1.82) is 0 Å². The smallest absolute Gasteiger partial charge is 0.234 e. The third kappa shape index (κ3) is 3.51. The minimum absolute atomic E-state index is 0.107. The van der Waals surface area contributed by atoms with Gasteiger partial charge in [-0.1, -0.05) is 36.5 Å². The highest BCUT2D eigenvalue weighted by Crippen LogP contribution is 2.24. The second kappa shape index (κ2) is 6.97. The lowest BCUT2D eigenvalue weighted by Gasteiger charge is -2.05. The van der Waals surface area contributed by atoms with Crippen molar-refractivity contribution < 1.29 is 9.21 Å². The number of rotatable bonds is 6. The summed E-state index contributed by atoms with van der Waals surface area (Å²) in [6.07, 6.45) is 4.76. The van der Waals surface area contributed by atoms with Crippen LogP contribution in [0, 0.1) is 0 Å². The quantitative estimate of drug-likeness (QED) is 0.703. The average Bonchev–Trinajstić information content (AvgIpc) is 3.22. The number of benzene rings is 1. The molecule has 0 unspecified atom stereocenters. The molecule has 116 valence electrons. The molecule has 3 rings (SSSR count). The molecule has 0 aliphatic rings. The monoisotopic (exact) mass is 326 g/mol. The van der Waals surface area contributed by atoms with E-state index in [-0.39, 0.29) is 11.7 Å². The topological polar surface area (TPSA) is 73.0 Å². The number of carbonyl (C=O) groups excluding carboxylic acids is 1. The van der Waals surface area contributed by atoms with Gasteiger partial charge >= 0.3 is 0 Å². The molecule has 2 heterocycles. The van der Waals surface area contributed by atoms with E-state index >= 15 is 0 Å². The van der Waals surface area contributed by atoms with Crippen LogP contribution in [0.15, 0.2) is 65.1 Å². The second-order valence-corrected chi connectivity index (χ2v) is 5.52. The number of carbonyl (C=O) groups is 1. The molecule has 0 radical (unpaired) electrons. The summed E-state index contributed by atoms with van der Waals surface area (Å²) >= 11 is 1.29. The van der Waals surface area contributed by atoms with Gasteiger partial charge in [0.2, 0.25) is 5.91 Å². The highest BCUT2D eigenvalue weighted by Gasteiger charge is 2.14. The number of anilines is 1. The minimum Gasteiger partial charge on any atom is -0.472 e. The van der Waals surface area contributed by atoms with Gasteiger partial charge in [-0.3, -0.25) is 9.36 Å². The van der Waals surface area contributed by atoms with Crippen LogP contribution in [0.25, 0.3) is 17.6 Å². The van der Waals surface area contributed by atoms with Crippen LogP contribution in [0.3, 0.4) is 0 Å². The SMILES string of the molecule is C=Cn1c(SCC(=O)Nc2ccccc2)nnc1-c1ccoc1. The molecule has 3 aromatic rings. The van der Waals surface area contributed by atoms with Gasteiger partial charge in [0.25, 0.3) is 0 Å². The van der Waals surface area contributed by atoms with E-state index in [4.69, 9.17) is 4.42 Å². The zero-order chi connectivity index (χ0) is 16.1. The molecule has 0 aliphatic heterocycles. The molecule has 2 aromatic heterocycles. The molecule has 0 saturated carbocycles. The molecule has 23 heavy (non-hydrogen) atoms. The number of para-hydroxylation sites is 1. The lowest BCUT2D eigenvalue weighted by atomic mass is 10.3. The van der Waals surface area contributed by atoms with Gasteiger partial charge in [0.05, 0.1) is 17.6 Å². The zero-order valence-corrected chi connectivity index (χ0v) is 13.0. The zero-order valence-electron chi connectivity index (χ0n) is 12.2. The minimum atomic E-state index is -0.107. The molecule has 0 saturated heterocycles. The van der Waals surface area contributed by atoms with Crippen molar-refractivity contribution in [1.82, 2.24) is 14.8 Å². The van der Waals surface area contributed by atoms with Gasteiger partial charge in [0.15, 0.2) is 11.0 Å². The molecule has 0 bridgehead atoms. The summed E-state index contributed by atoms with van der Waals surface area (Å²) in [4.78, 5) is 12.0. The van der Waals surface area contributed by atoms with E-state index in [0.29, 0.717) is 11.0 Å². The Hall–Kier alpha value is -2.80. The summed E-state index contributed by atoms with van der Waals surface area (Å²) in [5, 5.41) is 11.6. The number of hydrogen-bond acceptors (Lipinski definition) is 5. The summed E-state index contributed by atoms with van der Waals surface area (Å²) < 4.78 is 6.78. The standard InChI is InChI=1S/C16H14N4O2S/c1-2-20-15(12-8-9-22-10-12)18-19-16(20)23-11-14(21)17-13-6-4-3-5-7-13/h2-10H,1,11H2,(H,17,21). The normalized spacial score (nSPS) is 10.4. The van der Waals surface area contributed by atoms with Gasteiger partial charge in [-0.15, -0.1) is 10.2 Å². The maximum Gasteiger partial charge on any atom is 0.234 e. The van der Waals surface area contributed by atoms with Crippen LogP contribution in [0.2, 0.25) is 0 Å². The van der Waals surface area contributed by atoms with Crippen molar-refractivity contribution >= 4 is 29.6 Å². The molecule has 0 spiro atoms. The van der Waals surface area contributed by atoms with E-state index < -0.39 is 0 Å². The molecular weight excluding hydrogens is 312 g/mol. The molecule has 1 aromatic carbocycles. The third-order valence-corrected chi connectivity index (χ3v) is 3.96. The summed E-state index contributed by atoms with van der Waals surface area (Å²) in [7, 11) is 0. The van der Waals surface area contributed by atoms with Gasteiger partial charge in [-0.2, -0.15) is 0 Å². The van der Waals surface area contributed by atoms with Gasteiger partial charge in [-0.05, 0) is 18.2 Å². The van der Waals surface area contributed by atoms with Crippen molar-refractivity contribution in [2.45, 2.75) is 5.16 Å². The van der Waals surface area contributed by atoms with Crippen LogP contribution in [0.1, 0.15) is 0 Å². The second-order valence-electron chi connectivity index (χ2n) is 4.57. The summed E-state index contributed by atoms with van der Waals surface area (Å²) in [5.74, 6) is 0.746. The lowest BCUT2D eigenvalue weighted by molar-refractivity contribution is -0.113. The van der Waals surface area contributed by atoms with Gasteiger partial charge < -0.3 is 9.73 Å². The van der Waals surface area contributed by atoms with Crippen molar-refractivity contribution in [2.75, 3.05) is 11.1 Å². The molecule has 0 fully saturated rings. The number of thioether (sulfide) groups is 1. The van der Waals surface area contributed by atoms with Crippen molar-refractivity contribution in [3.8, 4) is 11.4 Å². The molecule has 0 atom stereocenters. The Bertz CT molecular complexity index is 797. The molecule has 7 heteroatoms. The number of aromatic nitrogens is 3. The predicted molar refractivity (Wildman–Crippen MR) is 89.9 cm³/mol. The Labute approximate surface area is 137 Å². The molecule has 6 nitrogen and oxygen atoms in total. The van der Waals surface area contributed by atoms with Gasteiger partial charge in [0, 0.05) is 11.9 Å². The van der Waals surface area contributed by atoms with Crippen LogP contribution in [-0.2, 0) is 4.79 Å². The lowest BCUT2D eigenvalue weighted by Crippen LogP contribution is -2.14. The number of hydrogen-bond donors (Lipinski definition) is 1. The number of furan rings is 1. The molecule has 1 amide bonds. The van der Waals surface area contributed by atoms with E-state index in [0.717, 1.165) is 11.3 Å². The van der Waals surface area contributed by atoms with Crippen molar-refractivity contribution in [3.05, 3.63) is 55.5 Å². The molecule has 1 N–H and O–H groups in total. The fraction of sp³-hybridized carbons (Fsp3) is 0.0625. The Balaban J connectivity index is 1.67. The Morgan fingerprint density at radius 3 is 2.83 bits per heavy atom. The third-order valence-electron chi connectivity index (χ3n) is 3.02. The fourth-order valence-electron chi connectivity index (χ4n) is 1.98. The molecular formula is C16H14N4O2S. The van der Waals surface area contributed by atoms with Crippen LogP contribution in [-0.4, -0.2) is 26.4 Å². The first-order chi connectivity index (χ1) is 11.3. The largest absolute Gasteiger partial charge is 0.472 e. The van der Waals surface area contributed by atoms with Gasteiger partial charge in [0.1, 0.15) is 6.26 Å². The number of nitrogens with zero attached hydrogens (tertiary/aromatic N) is 3. The van der Waals surface area contributed by atoms with Crippen LogP contribution in [0.4, 0.5) is 5.69 Å². The van der Waals surface area contributed by atoms with E-state index in [1.807, 2.05) is 30.3 Å². The Morgan fingerprint density at radius 2 is 2.13 bits per heavy atom. The van der Waals surface area contributed by atoms with E-state index in [1.54, 1.807) is 29.4 Å². The highest BCUT2D eigenvalue weighted by atomic mass is 32.2. The molecule has 0 aliphatic carbocycles. The number of amides is 1. The van der Waals surface area contributed by atoms with E-state index in [1.165, 1.54) is 11.8 Å². The first-order valence-corrected chi connectivity index (χ1v) is 7.84. The predicted octanol–water partition coefficient (Wildman–Crippen LogP) is 3.37. The van der Waals surface area contributed by atoms with Gasteiger partial charge in [-0.25, -0.2) is 0 Å². The van der Waals surface area contributed by atoms with Crippen LogP contribution >= 0.6 is 11.8 Å². The summed E-state index contributed by atoms with van der Waals surface area (Å²) in [5.41, 5.74) is 1.57. The summed E-state index contributed by atoms with van der Waals surface area (Å²) in [6.45, 7) is 3.77. The Morgan fingerprint density at radius 1 is 1.30 bits per heavy atom. The van der Waals surface area contributed by atoms with Crippen LogP contribution < -0.4 is 5.32 Å². The summed E-state index contributed by atoms with van der Waals surface area (Å²) in [6, 6.07) is 11.1. The fourth-order valence-corrected chi connectivity index (χ4v) is 2.71. The van der Waals surface area contributed by atoms with Crippen LogP contribution in [0.5, 0.6) is 0 Å².